The van der Waals surface area contributed by atoms with E-state index in [1.807, 2.05) is 28.8 Å². The number of hydrogen-bond acceptors (Lipinski definition) is 7. The van der Waals surface area contributed by atoms with Crippen LogP contribution in [0.25, 0.3) is 17.1 Å². The van der Waals surface area contributed by atoms with Gasteiger partial charge in [-0.3, -0.25) is 14.3 Å². The lowest BCUT2D eigenvalue weighted by molar-refractivity contribution is -0.118. The minimum absolute atomic E-state index is 0.108. The molecule has 0 saturated carbocycles. The SMILES string of the molecule is C/C(=N/NC(=O)CSc1nnc(-c2ccncc2)n1-c1ccc(Cl)cc1)c1ccco1. The molecule has 31 heavy (non-hydrogen) atoms. The van der Waals surface area contributed by atoms with E-state index in [1.54, 1.807) is 49.8 Å². The van der Waals surface area contributed by atoms with E-state index >= 15 is 0 Å². The molecule has 4 aromatic rings. The summed E-state index contributed by atoms with van der Waals surface area (Å²) in [6.07, 6.45) is 4.93. The van der Waals surface area contributed by atoms with Gasteiger partial charge in [0.15, 0.2) is 11.0 Å². The molecule has 0 atom stereocenters. The van der Waals surface area contributed by atoms with Gasteiger partial charge in [-0.05, 0) is 55.5 Å². The van der Waals surface area contributed by atoms with Crippen LogP contribution in [-0.2, 0) is 4.79 Å². The predicted molar refractivity (Wildman–Crippen MR) is 119 cm³/mol. The van der Waals surface area contributed by atoms with Gasteiger partial charge in [-0.25, -0.2) is 5.43 Å². The van der Waals surface area contributed by atoms with Gasteiger partial charge in [-0.1, -0.05) is 23.4 Å². The molecule has 8 nitrogen and oxygen atoms in total. The van der Waals surface area contributed by atoms with Gasteiger partial charge >= 0.3 is 0 Å². The van der Waals surface area contributed by atoms with Crippen molar-refractivity contribution in [3.05, 3.63) is 78.0 Å². The average Bonchev–Trinajstić information content (AvgIpc) is 3.48. The Labute approximate surface area is 187 Å². The molecule has 156 valence electrons. The first kappa shape index (κ1) is 20.8. The van der Waals surface area contributed by atoms with Crippen LogP contribution in [0.5, 0.6) is 0 Å². The molecule has 0 unspecified atom stereocenters. The molecule has 0 spiro atoms. The molecule has 3 heterocycles. The number of nitrogens with one attached hydrogen (secondary N) is 1. The van der Waals surface area contributed by atoms with Gasteiger partial charge in [0.2, 0.25) is 0 Å². The van der Waals surface area contributed by atoms with Crippen LogP contribution in [0.1, 0.15) is 12.7 Å². The number of furan rings is 1. The van der Waals surface area contributed by atoms with Gasteiger partial charge in [0.05, 0.1) is 12.0 Å². The lowest BCUT2D eigenvalue weighted by Crippen LogP contribution is -2.21. The summed E-state index contributed by atoms with van der Waals surface area (Å²) in [6.45, 7) is 1.75. The molecule has 0 fully saturated rings. The Morgan fingerprint density at radius 1 is 1.16 bits per heavy atom. The van der Waals surface area contributed by atoms with Crippen LogP contribution in [0.15, 0.2) is 81.9 Å². The highest BCUT2D eigenvalue weighted by Gasteiger charge is 2.17. The normalized spacial score (nSPS) is 11.5. The van der Waals surface area contributed by atoms with Crippen LogP contribution in [-0.4, -0.2) is 37.1 Å². The van der Waals surface area contributed by atoms with E-state index in [0.29, 0.717) is 27.5 Å². The molecule has 4 rings (SSSR count). The lowest BCUT2D eigenvalue weighted by Gasteiger charge is -2.10. The number of aromatic nitrogens is 4. The Kier molecular flexibility index (Phi) is 6.44. The number of halogens is 1. The van der Waals surface area contributed by atoms with Crippen molar-refractivity contribution in [2.24, 2.45) is 5.10 Å². The molecule has 1 aromatic carbocycles. The monoisotopic (exact) mass is 452 g/mol. The summed E-state index contributed by atoms with van der Waals surface area (Å²) >= 11 is 7.30. The number of nitrogens with zero attached hydrogens (tertiary/aromatic N) is 5. The van der Waals surface area contributed by atoms with Gasteiger partial charge in [0.1, 0.15) is 11.5 Å². The molecule has 0 radical (unpaired) electrons. The van der Waals surface area contributed by atoms with Crippen molar-refractivity contribution >= 4 is 35.0 Å². The van der Waals surface area contributed by atoms with E-state index in [9.17, 15) is 4.79 Å². The molecule has 0 saturated heterocycles. The fraction of sp³-hybridized carbons (Fsp3) is 0.0952. The van der Waals surface area contributed by atoms with E-state index in [4.69, 9.17) is 16.0 Å². The van der Waals surface area contributed by atoms with Crippen molar-refractivity contribution in [2.75, 3.05) is 5.75 Å². The quantitative estimate of drug-likeness (QED) is 0.256. The van der Waals surface area contributed by atoms with Crippen molar-refractivity contribution in [1.82, 2.24) is 25.2 Å². The Balaban J connectivity index is 1.54. The molecule has 0 bridgehead atoms. The number of hydrogen-bond donors (Lipinski definition) is 1. The Morgan fingerprint density at radius 2 is 1.94 bits per heavy atom. The van der Waals surface area contributed by atoms with Gasteiger partial charge in [0.25, 0.3) is 5.91 Å². The fourth-order valence-electron chi connectivity index (χ4n) is 2.72. The molecular formula is C21H17ClN6O2S. The molecule has 3 aromatic heterocycles. The minimum Gasteiger partial charge on any atom is -0.463 e. The zero-order valence-corrected chi connectivity index (χ0v) is 18.0. The van der Waals surface area contributed by atoms with E-state index < -0.39 is 0 Å². The van der Waals surface area contributed by atoms with Crippen LogP contribution in [0.4, 0.5) is 0 Å². The molecule has 10 heteroatoms. The highest BCUT2D eigenvalue weighted by atomic mass is 35.5. The minimum atomic E-state index is -0.271. The standard InChI is InChI=1S/C21H17ClN6O2S/c1-14(18-3-2-12-30-18)24-25-19(29)13-31-21-27-26-20(15-8-10-23-11-9-15)28(21)17-6-4-16(22)5-7-17/h2-12H,13H2,1H3,(H,25,29)/b24-14-. The zero-order valence-electron chi connectivity index (χ0n) is 16.4. The van der Waals surface area contributed by atoms with Crippen molar-refractivity contribution in [3.63, 3.8) is 0 Å². The van der Waals surface area contributed by atoms with Gasteiger partial charge in [-0.2, -0.15) is 5.10 Å². The summed E-state index contributed by atoms with van der Waals surface area (Å²) in [5.74, 6) is 1.07. The largest absolute Gasteiger partial charge is 0.463 e. The Bertz CT molecular complexity index is 1190. The lowest BCUT2D eigenvalue weighted by atomic mass is 10.2. The Morgan fingerprint density at radius 3 is 2.65 bits per heavy atom. The van der Waals surface area contributed by atoms with Crippen molar-refractivity contribution in [2.45, 2.75) is 12.1 Å². The summed E-state index contributed by atoms with van der Waals surface area (Å²) in [5.41, 5.74) is 4.79. The van der Waals surface area contributed by atoms with Crippen LogP contribution in [0.2, 0.25) is 5.02 Å². The topological polar surface area (TPSA) is 98.2 Å². The van der Waals surface area contributed by atoms with E-state index in [2.05, 4.69) is 25.7 Å². The van der Waals surface area contributed by atoms with E-state index in [1.165, 1.54) is 11.8 Å². The third kappa shape index (κ3) is 5.01. The highest BCUT2D eigenvalue weighted by Crippen LogP contribution is 2.28. The van der Waals surface area contributed by atoms with Crippen molar-refractivity contribution in [3.8, 4) is 17.1 Å². The summed E-state index contributed by atoms with van der Waals surface area (Å²) < 4.78 is 7.13. The maximum Gasteiger partial charge on any atom is 0.250 e. The number of thioether (sulfide) groups is 1. The molecule has 0 aliphatic carbocycles. The second-order valence-corrected chi connectivity index (χ2v) is 7.73. The first-order chi connectivity index (χ1) is 15.1. The second kappa shape index (κ2) is 9.59. The third-order valence-corrected chi connectivity index (χ3v) is 5.40. The van der Waals surface area contributed by atoms with E-state index in [0.717, 1.165) is 11.3 Å². The molecule has 0 aliphatic rings. The number of hydrazone groups is 1. The number of benzene rings is 1. The zero-order chi connectivity index (χ0) is 21.6. The summed E-state index contributed by atoms with van der Waals surface area (Å²) in [4.78, 5) is 16.4. The van der Waals surface area contributed by atoms with Crippen molar-refractivity contribution < 1.29 is 9.21 Å². The first-order valence-corrected chi connectivity index (χ1v) is 10.6. The van der Waals surface area contributed by atoms with E-state index in [-0.39, 0.29) is 11.7 Å². The van der Waals surface area contributed by atoms with Crippen LogP contribution in [0, 0.1) is 0 Å². The molecular weight excluding hydrogens is 436 g/mol. The highest BCUT2D eigenvalue weighted by molar-refractivity contribution is 7.99. The number of amides is 1. The number of carbonyl (C=O) groups is 1. The molecule has 1 amide bonds. The van der Waals surface area contributed by atoms with Gasteiger partial charge in [-0.15, -0.1) is 10.2 Å². The predicted octanol–water partition coefficient (Wildman–Crippen LogP) is 4.21. The van der Waals surface area contributed by atoms with Crippen LogP contribution >= 0.6 is 23.4 Å². The Hall–Kier alpha value is -3.43. The summed E-state index contributed by atoms with van der Waals surface area (Å²) in [5, 5.41) is 13.9. The molecule has 0 aliphatic heterocycles. The third-order valence-electron chi connectivity index (χ3n) is 4.22. The second-order valence-electron chi connectivity index (χ2n) is 6.35. The van der Waals surface area contributed by atoms with Crippen LogP contribution < -0.4 is 5.43 Å². The first-order valence-electron chi connectivity index (χ1n) is 9.23. The summed E-state index contributed by atoms with van der Waals surface area (Å²) in [7, 11) is 0. The molecule has 1 N–H and O–H groups in total. The van der Waals surface area contributed by atoms with Crippen LogP contribution in [0.3, 0.4) is 0 Å². The van der Waals surface area contributed by atoms with Crippen molar-refractivity contribution in [1.29, 1.82) is 0 Å². The average molecular weight is 453 g/mol. The maximum absolute atomic E-state index is 12.3. The number of pyridine rings is 1. The fourth-order valence-corrected chi connectivity index (χ4v) is 3.59. The summed E-state index contributed by atoms with van der Waals surface area (Å²) in [6, 6.07) is 14.6. The number of rotatable bonds is 7. The maximum atomic E-state index is 12.3. The van der Waals surface area contributed by atoms with Gasteiger partial charge < -0.3 is 4.42 Å². The van der Waals surface area contributed by atoms with Gasteiger partial charge in [0, 0.05) is 28.7 Å². The smallest absolute Gasteiger partial charge is 0.250 e. The number of carbonyl (C=O) groups excluding carboxylic acids is 1.